The minimum Gasteiger partial charge on any atom is -0.340 e. The molecular weight excluding hydrogens is 174 g/mol. The van der Waals surface area contributed by atoms with Crippen LogP contribution in [0.25, 0.3) is 0 Å². The minimum absolute atomic E-state index is 0.201. The maximum atomic E-state index is 11.7. The summed E-state index contributed by atoms with van der Waals surface area (Å²) >= 11 is 0. The predicted octanol–water partition coefficient (Wildman–Crippen LogP) is 2.75. The molecule has 0 atom stereocenters. The molecule has 2 nitrogen and oxygen atoms in total. The molecule has 0 spiro atoms. The Hall–Kier alpha value is -0.790. The van der Waals surface area contributed by atoms with E-state index in [2.05, 4.69) is 0 Å². The van der Waals surface area contributed by atoms with Crippen molar-refractivity contribution in [1.82, 2.24) is 4.90 Å². The number of rotatable bonds is 3. The highest BCUT2D eigenvalue weighted by molar-refractivity contribution is 5.88. The zero-order chi connectivity index (χ0) is 10.4. The summed E-state index contributed by atoms with van der Waals surface area (Å²) in [5, 5.41) is 0. The Kier molecular flexibility index (Phi) is 4.71. The lowest BCUT2D eigenvalue weighted by atomic mass is 9.94. The molecule has 0 radical (unpaired) electrons. The highest BCUT2D eigenvalue weighted by atomic mass is 16.2. The van der Waals surface area contributed by atoms with Crippen molar-refractivity contribution in [3.63, 3.8) is 0 Å². The van der Waals surface area contributed by atoms with Crippen LogP contribution in [0.1, 0.15) is 46.0 Å². The van der Waals surface area contributed by atoms with Crippen LogP contribution in [0.3, 0.4) is 0 Å². The zero-order valence-electron chi connectivity index (χ0n) is 9.38. The monoisotopic (exact) mass is 195 g/mol. The van der Waals surface area contributed by atoms with Crippen LogP contribution in [-0.2, 0) is 4.79 Å². The first-order valence-corrected chi connectivity index (χ1v) is 5.76. The number of amides is 1. The van der Waals surface area contributed by atoms with Gasteiger partial charge in [0.05, 0.1) is 0 Å². The maximum Gasteiger partial charge on any atom is 0.246 e. The summed E-state index contributed by atoms with van der Waals surface area (Å²) in [5.41, 5.74) is 1.35. The van der Waals surface area contributed by atoms with E-state index in [9.17, 15) is 4.79 Å². The van der Waals surface area contributed by atoms with Gasteiger partial charge in [-0.15, -0.1) is 0 Å². The van der Waals surface area contributed by atoms with E-state index in [0.29, 0.717) is 0 Å². The van der Waals surface area contributed by atoms with Gasteiger partial charge in [0, 0.05) is 19.2 Å². The van der Waals surface area contributed by atoms with Gasteiger partial charge in [-0.05, 0) is 39.5 Å². The van der Waals surface area contributed by atoms with E-state index < -0.39 is 0 Å². The van der Waals surface area contributed by atoms with Gasteiger partial charge in [-0.2, -0.15) is 0 Å². The van der Waals surface area contributed by atoms with Crippen molar-refractivity contribution in [3.05, 3.63) is 11.6 Å². The highest BCUT2D eigenvalue weighted by Crippen LogP contribution is 2.22. The van der Waals surface area contributed by atoms with Crippen molar-refractivity contribution >= 4 is 5.91 Å². The van der Waals surface area contributed by atoms with E-state index in [1.165, 1.54) is 24.8 Å². The van der Waals surface area contributed by atoms with Crippen molar-refractivity contribution in [2.75, 3.05) is 13.1 Å². The summed E-state index contributed by atoms with van der Waals surface area (Å²) in [5.74, 6) is 0.201. The van der Waals surface area contributed by atoms with E-state index >= 15 is 0 Å². The SMILES string of the molecule is CCN(CC)C(=O)C=C1CCCCC1. The smallest absolute Gasteiger partial charge is 0.246 e. The minimum atomic E-state index is 0.201. The third kappa shape index (κ3) is 3.17. The molecule has 0 aromatic heterocycles. The molecule has 1 rings (SSSR count). The highest BCUT2D eigenvalue weighted by Gasteiger charge is 2.10. The van der Waals surface area contributed by atoms with E-state index in [1.54, 1.807) is 0 Å². The summed E-state index contributed by atoms with van der Waals surface area (Å²) in [4.78, 5) is 13.6. The van der Waals surface area contributed by atoms with E-state index in [0.717, 1.165) is 25.9 Å². The van der Waals surface area contributed by atoms with Crippen molar-refractivity contribution in [2.24, 2.45) is 0 Å². The molecule has 0 heterocycles. The third-order valence-corrected chi connectivity index (χ3v) is 2.90. The fraction of sp³-hybridized carbons (Fsp3) is 0.750. The quantitative estimate of drug-likeness (QED) is 0.634. The van der Waals surface area contributed by atoms with Crippen molar-refractivity contribution in [1.29, 1.82) is 0 Å². The number of nitrogens with zero attached hydrogens (tertiary/aromatic N) is 1. The molecule has 0 saturated heterocycles. The normalized spacial score (nSPS) is 16.6. The van der Waals surface area contributed by atoms with Crippen molar-refractivity contribution in [2.45, 2.75) is 46.0 Å². The van der Waals surface area contributed by atoms with Crippen LogP contribution in [-0.4, -0.2) is 23.9 Å². The molecule has 2 heteroatoms. The second-order valence-corrected chi connectivity index (χ2v) is 3.87. The van der Waals surface area contributed by atoms with Gasteiger partial charge >= 0.3 is 0 Å². The first-order valence-electron chi connectivity index (χ1n) is 5.76. The summed E-state index contributed by atoms with van der Waals surface area (Å²) < 4.78 is 0. The number of allylic oxidation sites excluding steroid dienone is 1. The van der Waals surface area contributed by atoms with Crippen LogP contribution in [0, 0.1) is 0 Å². The van der Waals surface area contributed by atoms with Gasteiger partial charge in [-0.3, -0.25) is 4.79 Å². The van der Waals surface area contributed by atoms with Gasteiger partial charge < -0.3 is 4.90 Å². The molecule has 0 aliphatic heterocycles. The van der Waals surface area contributed by atoms with Crippen LogP contribution in [0.2, 0.25) is 0 Å². The molecule has 1 saturated carbocycles. The number of hydrogen-bond donors (Lipinski definition) is 0. The van der Waals surface area contributed by atoms with Crippen LogP contribution >= 0.6 is 0 Å². The Morgan fingerprint density at radius 1 is 1.21 bits per heavy atom. The molecule has 0 unspecified atom stereocenters. The van der Waals surface area contributed by atoms with Gasteiger partial charge in [-0.1, -0.05) is 12.0 Å². The number of hydrogen-bond acceptors (Lipinski definition) is 1. The van der Waals surface area contributed by atoms with Crippen LogP contribution in [0.15, 0.2) is 11.6 Å². The van der Waals surface area contributed by atoms with Crippen molar-refractivity contribution in [3.8, 4) is 0 Å². The maximum absolute atomic E-state index is 11.7. The van der Waals surface area contributed by atoms with Gasteiger partial charge in [0.25, 0.3) is 0 Å². The van der Waals surface area contributed by atoms with Crippen LogP contribution < -0.4 is 0 Å². The van der Waals surface area contributed by atoms with Crippen LogP contribution in [0.5, 0.6) is 0 Å². The average Bonchev–Trinajstić information content (AvgIpc) is 2.21. The molecule has 1 fully saturated rings. The average molecular weight is 195 g/mol. The number of carbonyl (C=O) groups excluding carboxylic acids is 1. The molecule has 14 heavy (non-hydrogen) atoms. The molecule has 80 valence electrons. The Morgan fingerprint density at radius 2 is 1.79 bits per heavy atom. The first-order chi connectivity index (χ1) is 6.77. The molecule has 1 aliphatic rings. The molecule has 0 N–H and O–H groups in total. The lowest BCUT2D eigenvalue weighted by Crippen LogP contribution is -2.29. The molecule has 0 aromatic rings. The molecular formula is C12H21NO. The second kappa shape index (κ2) is 5.84. The summed E-state index contributed by atoms with van der Waals surface area (Å²) in [7, 11) is 0. The summed E-state index contributed by atoms with van der Waals surface area (Å²) in [6.45, 7) is 5.69. The molecule has 1 aliphatic carbocycles. The fourth-order valence-electron chi connectivity index (χ4n) is 1.95. The third-order valence-electron chi connectivity index (χ3n) is 2.90. The van der Waals surface area contributed by atoms with E-state index in [4.69, 9.17) is 0 Å². The standard InChI is InChI=1S/C12H21NO/c1-3-13(4-2)12(14)10-11-8-6-5-7-9-11/h10H,3-9H2,1-2H3. The second-order valence-electron chi connectivity index (χ2n) is 3.87. The lowest BCUT2D eigenvalue weighted by Gasteiger charge is -2.19. The van der Waals surface area contributed by atoms with Gasteiger partial charge in [0.2, 0.25) is 5.91 Å². The van der Waals surface area contributed by atoms with Gasteiger partial charge in [0.1, 0.15) is 0 Å². The predicted molar refractivity (Wildman–Crippen MR) is 59.1 cm³/mol. The van der Waals surface area contributed by atoms with E-state index in [1.807, 2.05) is 24.8 Å². The van der Waals surface area contributed by atoms with Gasteiger partial charge in [-0.25, -0.2) is 0 Å². The summed E-state index contributed by atoms with van der Waals surface area (Å²) in [6.07, 6.45) is 7.98. The fourth-order valence-corrected chi connectivity index (χ4v) is 1.95. The van der Waals surface area contributed by atoms with Gasteiger partial charge in [0.15, 0.2) is 0 Å². The topological polar surface area (TPSA) is 20.3 Å². The molecule has 1 amide bonds. The van der Waals surface area contributed by atoms with E-state index in [-0.39, 0.29) is 5.91 Å². The Morgan fingerprint density at radius 3 is 2.29 bits per heavy atom. The number of likely N-dealkylation sites (N-methyl/N-ethyl adjacent to an activating group) is 1. The van der Waals surface area contributed by atoms with Crippen LogP contribution in [0.4, 0.5) is 0 Å². The molecule has 0 bridgehead atoms. The lowest BCUT2D eigenvalue weighted by molar-refractivity contribution is -0.125. The Labute approximate surface area is 87.0 Å². The largest absolute Gasteiger partial charge is 0.340 e. The molecule has 0 aromatic carbocycles. The first kappa shape index (κ1) is 11.3. The van der Waals surface area contributed by atoms with Crippen molar-refractivity contribution < 1.29 is 4.79 Å². The Balaban J connectivity index is 2.51. The Bertz CT molecular complexity index is 208. The zero-order valence-corrected chi connectivity index (χ0v) is 9.38. The summed E-state index contributed by atoms with van der Waals surface area (Å²) in [6, 6.07) is 0. The number of carbonyl (C=O) groups is 1.